The Morgan fingerprint density at radius 3 is 2.75 bits per heavy atom. The zero-order valence-corrected chi connectivity index (χ0v) is 9.19. The molecule has 0 saturated heterocycles. The Labute approximate surface area is 92.9 Å². The molecular weight excluding hydrogens is 206 g/mol. The number of oxazole rings is 1. The van der Waals surface area contributed by atoms with E-state index >= 15 is 0 Å². The smallest absolute Gasteiger partial charge is 0.213 e. The molecule has 0 saturated carbocycles. The molecule has 2 heterocycles. The average Bonchev–Trinajstić information content (AvgIpc) is 2.56. The van der Waals surface area contributed by atoms with Crippen molar-refractivity contribution in [2.75, 3.05) is 11.1 Å². The molecule has 0 aliphatic rings. The van der Waals surface area contributed by atoms with Crippen molar-refractivity contribution in [2.24, 2.45) is 0 Å². The monoisotopic (exact) mass is 219 g/mol. The average molecular weight is 219 g/mol. The van der Waals surface area contributed by atoms with Crippen LogP contribution < -0.4 is 11.1 Å². The van der Waals surface area contributed by atoms with Crippen molar-refractivity contribution in [3.8, 4) is 0 Å². The summed E-state index contributed by atoms with van der Waals surface area (Å²) in [5, 5.41) is 3.03. The minimum absolute atomic E-state index is 0.379. The van der Waals surface area contributed by atoms with E-state index in [-0.39, 0.29) is 0 Å². The number of nitrogens with zero attached hydrogens (tertiary/aromatic N) is 3. The van der Waals surface area contributed by atoms with E-state index in [1.165, 1.54) is 6.20 Å². The van der Waals surface area contributed by atoms with Crippen LogP contribution in [0.5, 0.6) is 0 Å². The number of rotatable bonds is 3. The van der Waals surface area contributed by atoms with Gasteiger partial charge in [0.2, 0.25) is 5.89 Å². The van der Waals surface area contributed by atoms with Crippen LogP contribution >= 0.6 is 0 Å². The van der Waals surface area contributed by atoms with Crippen LogP contribution in [0.15, 0.2) is 16.8 Å². The fourth-order valence-corrected chi connectivity index (χ4v) is 1.25. The summed E-state index contributed by atoms with van der Waals surface area (Å²) in [5.41, 5.74) is 6.40. The van der Waals surface area contributed by atoms with Crippen LogP contribution in [0.4, 0.5) is 11.6 Å². The van der Waals surface area contributed by atoms with Crippen molar-refractivity contribution < 1.29 is 4.42 Å². The highest BCUT2D eigenvalue weighted by atomic mass is 16.4. The molecule has 2 aromatic rings. The lowest BCUT2D eigenvalue weighted by atomic mass is 10.4. The summed E-state index contributed by atoms with van der Waals surface area (Å²) in [5.74, 6) is 2.44. The Hall–Kier alpha value is -2.11. The largest absolute Gasteiger partial charge is 0.444 e. The van der Waals surface area contributed by atoms with E-state index in [1.807, 2.05) is 13.8 Å². The molecule has 0 radical (unpaired) electrons. The molecule has 0 aliphatic carbocycles. The number of aryl methyl sites for hydroxylation is 2. The Morgan fingerprint density at radius 2 is 2.12 bits per heavy atom. The molecule has 0 fully saturated rings. The summed E-state index contributed by atoms with van der Waals surface area (Å²) < 4.78 is 5.41. The van der Waals surface area contributed by atoms with Gasteiger partial charge in [0, 0.05) is 0 Å². The molecule has 0 atom stereocenters. The Kier molecular flexibility index (Phi) is 2.72. The number of anilines is 2. The molecule has 6 heteroatoms. The zero-order chi connectivity index (χ0) is 11.5. The van der Waals surface area contributed by atoms with Crippen LogP contribution in [-0.4, -0.2) is 15.0 Å². The maximum Gasteiger partial charge on any atom is 0.213 e. The predicted octanol–water partition coefficient (Wildman–Crippen LogP) is 1.28. The molecule has 84 valence electrons. The molecule has 2 aromatic heterocycles. The first-order valence-corrected chi connectivity index (χ1v) is 4.89. The third-order valence-electron chi connectivity index (χ3n) is 2.15. The zero-order valence-electron chi connectivity index (χ0n) is 9.19. The van der Waals surface area contributed by atoms with E-state index in [9.17, 15) is 0 Å². The second-order valence-corrected chi connectivity index (χ2v) is 3.43. The van der Waals surface area contributed by atoms with Gasteiger partial charge in [0.1, 0.15) is 17.4 Å². The van der Waals surface area contributed by atoms with E-state index in [0.29, 0.717) is 24.1 Å². The lowest BCUT2D eigenvalue weighted by Gasteiger charge is -2.02. The summed E-state index contributed by atoms with van der Waals surface area (Å²) in [6.07, 6.45) is 3.09. The topological polar surface area (TPSA) is 89.9 Å². The van der Waals surface area contributed by atoms with Crippen molar-refractivity contribution in [3.63, 3.8) is 0 Å². The fraction of sp³-hybridized carbons (Fsp3) is 0.300. The Morgan fingerprint density at radius 1 is 1.31 bits per heavy atom. The van der Waals surface area contributed by atoms with Crippen LogP contribution in [0.3, 0.4) is 0 Å². The van der Waals surface area contributed by atoms with Crippen molar-refractivity contribution in [1.29, 1.82) is 0 Å². The number of nitrogen functional groups attached to an aromatic ring is 1. The van der Waals surface area contributed by atoms with Gasteiger partial charge >= 0.3 is 0 Å². The van der Waals surface area contributed by atoms with Gasteiger partial charge in [-0.2, -0.15) is 0 Å². The van der Waals surface area contributed by atoms with Gasteiger partial charge in [0.15, 0.2) is 0 Å². The van der Waals surface area contributed by atoms with Gasteiger partial charge in [-0.05, 0) is 13.8 Å². The lowest BCUT2D eigenvalue weighted by molar-refractivity contribution is 0.478. The standard InChI is InChI=1S/C10H13N5O/c1-6-7(2)16-10(14-6)5-13-9-4-12-3-8(11)15-9/h3-4H,5H2,1-2H3,(H3,11,13,15). The molecule has 0 unspecified atom stereocenters. The molecule has 0 aromatic carbocycles. The van der Waals surface area contributed by atoms with E-state index in [2.05, 4.69) is 20.3 Å². The molecule has 0 aliphatic heterocycles. The van der Waals surface area contributed by atoms with Gasteiger partial charge in [0.25, 0.3) is 0 Å². The third kappa shape index (κ3) is 2.28. The second kappa shape index (κ2) is 4.18. The van der Waals surface area contributed by atoms with Gasteiger partial charge in [-0.25, -0.2) is 9.97 Å². The van der Waals surface area contributed by atoms with E-state index in [0.717, 1.165) is 11.5 Å². The summed E-state index contributed by atoms with van der Waals surface area (Å²) >= 11 is 0. The van der Waals surface area contributed by atoms with Crippen molar-refractivity contribution in [3.05, 3.63) is 29.7 Å². The predicted molar refractivity (Wildman–Crippen MR) is 59.7 cm³/mol. The molecule has 0 spiro atoms. The first-order chi connectivity index (χ1) is 7.65. The minimum atomic E-state index is 0.379. The SMILES string of the molecule is Cc1nc(CNc2cncc(N)n2)oc1C. The maximum atomic E-state index is 5.50. The van der Waals surface area contributed by atoms with E-state index in [1.54, 1.807) is 6.20 Å². The number of nitrogens with two attached hydrogens (primary N) is 1. The summed E-state index contributed by atoms with van der Waals surface area (Å²) in [7, 11) is 0. The second-order valence-electron chi connectivity index (χ2n) is 3.43. The first kappa shape index (κ1) is 10.4. The molecule has 16 heavy (non-hydrogen) atoms. The fourth-order valence-electron chi connectivity index (χ4n) is 1.25. The first-order valence-electron chi connectivity index (χ1n) is 4.89. The number of hydrogen-bond donors (Lipinski definition) is 2. The number of nitrogens with one attached hydrogen (secondary N) is 1. The van der Waals surface area contributed by atoms with E-state index < -0.39 is 0 Å². The van der Waals surface area contributed by atoms with Crippen LogP contribution in [0.1, 0.15) is 17.3 Å². The summed E-state index contributed by atoms with van der Waals surface area (Å²) in [4.78, 5) is 12.2. The lowest BCUT2D eigenvalue weighted by Crippen LogP contribution is -2.03. The Bertz CT molecular complexity index is 474. The highest BCUT2D eigenvalue weighted by molar-refractivity contribution is 5.38. The van der Waals surface area contributed by atoms with Gasteiger partial charge in [-0.1, -0.05) is 0 Å². The highest BCUT2D eigenvalue weighted by Crippen LogP contribution is 2.10. The van der Waals surface area contributed by atoms with Gasteiger partial charge < -0.3 is 15.5 Å². The molecule has 0 bridgehead atoms. The maximum absolute atomic E-state index is 5.50. The molecule has 3 N–H and O–H groups in total. The molecule has 6 nitrogen and oxygen atoms in total. The van der Waals surface area contributed by atoms with Crippen molar-refractivity contribution >= 4 is 11.6 Å². The van der Waals surface area contributed by atoms with Crippen LogP contribution in [-0.2, 0) is 6.54 Å². The molecular formula is C10H13N5O. The van der Waals surface area contributed by atoms with Crippen LogP contribution in [0, 0.1) is 13.8 Å². The number of hydrogen-bond acceptors (Lipinski definition) is 6. The van der Waals surface area contributed by atoms with Crippen molar-refractivity contribution in [1.82, 2.24) is 15.0 Å². The van der Waals surface area contributed by atoms with Crippen LogP contribution in [0.2, 0.25) is 0 Å². The van der Waals surface area contributed by atoms with Crippen molar-refractivity contribution in [2.45, 2.75) is 20.4 Å². The molecule has 2 rings (SSSR count). The normalized spacial score (nSPS) is 10.4. The van der Waals surface area contributed by atoms with Gasteiger partial charge in [-0.15, -0.1) is 0 Å². The highest BCUT2D eigenvalue weighted by Gasteiger charge is 2.05. The van der Waals surface area contributed by atoms with Gasteiger partial charge in [0.05, 0.1) is 24.6 Å². The van der Waals surface area contributed by atoms with Gasteiger partial charge in [-0.3, -0.25) is 4.98 Å². The van der Waals surface area contributed by atoms with E-state index in [4.69, 9.17) is 10.2 Å². The quantitative estimate of drug-likeness (QED) is 0.808. The molecule has 0 amide bonds. The van der Waals surface area contributed by atoms with Crippen LogP contribution in [0.25, 0.3) is 0 Å². The summed E-state index contributed by atoms with van der Waals surface area (Å²) in [6.45, 7) is 4.25. The summed E-state index contributed by atoms with van der Waals surface area (Å²) in [6, 6.07) is 0. The Balaban J connectivity index is 2.02. The number of aromatic nitrogens is 3. The third-order valence-corrected chi connectivity index (χ3v) is 2.15. The minimum Gasteiger partial charge on any atom is -0.444 e.